The average Bonchev–Trinajstić information content (AvgIpc) is 2.94. The van der Waals surface area contributed by atoms with Crippen LogP contribution in [0.4, 0.5) is 5.69 Å². The van der Waals surface area contributed by atoms with Crippen LogP contribution in [0.15, 0.2) is 84.9 Å². The molecule has 3 atom stereocenters. The molecule has 0 unspecified atom stereocenters. The van der Waals surface area contributed by atoms with Crippen molar-refractivity contribution < 1.29 is 19.1 Å². The molecule has 0 fully saturated rings. The van der Waals surface area contributed by atoms with Crippen molar-refractivity contribution in [1.29, 1.82) is 0 Å². The largest absolute Gasteiger partial charge is 0.399 e. The van der Waals surface area contributed by atoms with Gasteiger partial charge in [-0.15, -0.1) is 0 Å². The van der Waals surface area contributed by atoms with Crippen molar-refractivity contribution in [1.82, 2.24) is 10.6 Å². The van der Waals surface area contributed by atoms with Gasteiger partial charge in [0.25, 0.3) is 5.91 Å². The number of rotatable bonds is 14. The zero-order chi connectivity index (χ0) is 27.3. The third-order valence-electron chi connectivity index (χ3n) is 6.56. The SMILES string of the molecule is CC[C@@H](C)[C@H](NC(=O)c1cccc(N)c1)C(=O)N[C@@H](CCc1ccccc1)C(=O)COCc1ccccc1. The van der Waals surface area contributed by atoms with Crippen LogP contribution in [0.2, 0.25) is 0 Å². The van der Waals surface area contributed by atoms with Gasteiger partial charge in [0, 0.05) is 11.3 Å². The van der Waals surface area contributed by atoms with Crippen LogP contribution >= 0.6 is 0 Å². The molecule has 0 spiro atoms. The first-order valence-corrected chi connectivity index (χ1v) is 13.0. The fraction of sp³-hybridized carbons (Fsp3) is 0.323. The highest BCUT2D eigenvalue weighted by Gasteiger charge is 2.30. The molecule has 0 aliphatic heterocycles. The molecule has 0 aliphatic rings. The first-order chi connectivity index (χ1) is 18.4. The monoisotopic (exact) mass is 515 g/mol. The minimum atomic E-state index is -0.814. The van der Waals surface area contributed by atoms with E-state index in [9.17, 15) is 14.4 Å². The lowest BCUT2D eigenvalue weighted by Crippen LogP contribution is -2.54. The van der Waals surface area contributed by atoms with Crippen LogP contribution in [0.1, 0.15) is 48.2 Å². The number of hydrogen-bond acceptors (Lipinski definition) is 5. The highest BCUT2D eigenvalue weighted by atomic mass is 16.5. The van der Waals surface area contributed by atoms with Crippen LogP contribution in [0.3, 0.4) is 0 Å². The molecule has 0 aromatic heterocycles. The van der Waals surface area contributed by atoms with E-state index in [2.05, 4.69) is 10.6 Å². The van der Waals surface area contributed by atoms with Gasteiger partial charge in [-0.2, -0.15) is 0 Å². The summed E-state index contributed by atoms with van der Waals surface area (Å²) in [6, 6.07) is 24.4. The van der Waals surface area contributed by atoms with Crippen molar-refractivity contribution in [2.45, 2.75) is 51.8 Å². The summed E-state index contributed by atoms with van der Waals surface area (Å²) in [5.41, 5.74) is 8.69. The molecule has 3 rings (SSSR count). The van der Waals surface area contributed by atoms with Crippen LogP contribution in [0.5, 0.6) is 0 Å². The van der Waals surface area contributed by atoms with Crippen LogP contribution < -0.4 is 16.4 Å². The predicted molar refractivity (Wildman–Crippen MR) is 149 cm³/mol. The van der Waals surface area contributed by atoms with Gasteiger partial charge >= 0.3 is 0 Å². The second kappa shape index (κ2) is 14.7. The Morgan fingerprint density at radius 2 is 1.53 bits per heavy atom. The molecule has 3 aromatic carbocycles. The summed E-state index contributed by atoms with van der Waals surface area (Å²) in [7, 11) is 0. The molecular weight excluding hydrogens is 478 g/mol. The first-order valence-electron chi connectivity index (χ1n) is 13.0. The predicted octanol–water partition coefficient (Wildman–Crippen LogP) is 4.32. The fourth-order valence-corrected chi connectivity index (χ4v) is 4.08. The molecule has 7 nitrogen and oxygen atoms in total. The number of carbonyl (C=O) groups excluding carboxylic acids is 3. The Morgan fingerprint density at radius 1 is 0.868 bits per heavy atom. The third kappa shape index (κ3) is 8.85. The molecule has 0 saturated heterocycles. The van der Waals surface area contributed by atoms with E-state index in [1.54, 1.807) is 24.3 Å². The van der Waals surface area contributed by atoms with Gasteiger partial charge in [0.15, 0.2) is 5.78 Å². The van der Waals surface area contributed by atoms with Crippen LogP contribution in [0.25, 0.3) is 0 Å². The van der Waals surface area contributed by atoms with E-state index < -0.39 is 23.9 Å². The second-order valence-corrected chi connectivity index (χ2v) is 9.49. The van der Waals surface area contributed by atoms with E-state index in [1.165, 1.54) is 0 Å². The topological polar surface area (TPSA) is 111 Å². The van der Waals surface area contributed by atoms with E-state index in [0.717, 1.165) is 11.1 Å². The van der Waals surface area contributed by atoms with Gasteiger partial charge in [0.1, 0.15) is 12.6 Å². The zero-order valence-corrected chi connectivity index (χ0v) is 22.1. The molecule has 7 heteroatoms. The minimum Gasteiger partial charge on any atom is -0.399 e. The first kappa shape index (κ1) is 28.6. The number of ether oxygens (including phenoxy) is 1. The maximum absolute atomic E-state index is 13.5. The van der Waals surface area contributed by atoms with Crippen LogP contribution in [0, 0.1) is 5.92 Å². The number of amides is 2. The van der Waals surface area contributed by atoms with E-state index in [-0.39, 0.29) is 18.3 Å². The lowest BCUT2D eigenvalue weighted by molar-refractivity contribution is -0.132. The molecular formula is C31H37N3O4. The number of anilines is 1. The second-order valence-electron chi connectivity index (χ2n) is 9.49. The Kier molecular flexibility index (Phi) is 11.1. The maximum atomic E-state index is 13.5. The molecule has 38 heavy (non-hydrogen) atoms. The zero-order valence-electron chi connectivity index (χ0n) is 22.1. The summed E-state index contributed by atoms with van der Waals surface area (Å²) in [5.74, 6) is -1.16. The molecule has 0 bridgehead atoms. The lowest BCUT2D eigenvalue weighted by atomic mass is 9.96. The van der Waals surface area contributed by atoms with Gasteiger partial charge in [0.2, 0.25) is 5.91 Å². The quantitative estimate of drug-likeness (QED) is 0.277. The summed E-state index contributed by atoms with van der Waals surface area (Å²) >= 11 is 0. The Morgan fingerprint density at radius 3 is 2.16 bits per heavy atom. The smallest absolute Gasteiger partial charge is 0.252 e. The molecule has 0 aliphatic carbocycles. The third-order valence-corrected chi connectivity index (χ3v) is 6.56. The van der Waals surface area contributed by atoms with Crippen LogP contribution in [-0.2, 0) is 27.4 Å². The molecule has 0 heterocycles. The van der Waals surface area contributed by atoms with Crippen molar-refractivity contribution in [3.63, 3.8) is 0 Å². The molecule has 200 valence electrons. The Hall–Kier alpha value is -3.97. The number of nitrogens with two attached hydrogens (primary N) is 1. The number of nitrogen functional groups attached to an aromatic ring is 1. The van der Waals surface area contributed by atoms with Crippen molar-refractivity contribution in [3.05, 3.63) is 102 Å². The van der Waals surface area contributed by atoms with Gasteiger partial charge in [-0.1, -0.05) is 87.0 Å². The van der Waals surface area contributed by atoms with Gasteiger partial charge in [-0.05, 0) is 48.1 Å². The maximum Gasteiger partial charge on any atom is 0.252 e. The van der Waals surface area contributed by atoms with Gasteiger partial charge < -0.3 is 21.1 Å². The molecule has 0 saturated carbocycles. The normalized spacial score (nSPS) is 13.2. The summed E-state index contributed by atoms with van der Waals surface area (Å²) in [4.78, 5) is 39.6. The van der Waals surface area contributed by atoms with E-state index in [0.29, 0.717) is 37.1 Å². The molecule has 0 radical (unpaired) electrons. The average molecular weight is 516 g/mol. The number of aryl methyl sites for hydroxylation is 1. The number of nitrogens with one attached hydrogen (secondary N) is 2. The van der Waals surface area contributed by atoms with Gasteiger partial charge in [-0.3, -0.25) is 14.4 Å². The van der Waals surface area contributed by atoms with Crippen molar-refractivity contribution in [3.8, 4) is 0 Å². The minimum absolute atomic E-state index is 0.127. The summed E-state index contributed by atoms with van der Waals surface area (Å²) in [6.07, 6.45) is 1.69. The number of Topliss-reactive ketones (excluding diaryl/α,β-unsaturated/α-hetero) is 1. The summed E-state index contributed by atoms with van der Waals surface area (Å²) in [5, 5.41) is 5.76. The van der Waals surface area contributed by atoms with Crippen molar-refractivity contribution in [2.75, 3.05) is 12.3 Å². The molecule has 3 aromatic rings. The molecule has 2 amide bonds. The number of hydrogen-bond donors (Lipinski definition) is 3. The highest BCUT2D eigenvalue weighted by Crippen LogP contribution is 2.13. The highest BCUT2D eigenvalue weighted by molar-refractivity contribution is 5.99. The Labute approximate surface area is 224 Å². The van der Waals surface area contributed by atoms with Gasteiger partial charge in [-0.25, -0.2) is 0 Å². The number of ketones is 1. The van der Waals surface area contributed by atoms with Crippen molar-refractivity contribution >= 4 is 23.3 Å². The molecule has 4 N–H and O–H groups in total. The number of carbonyl (C=O) groups is 3. The Bertz CT molecular complexity index is 1180. The van der Waals surface area contributed by atoms with Crippen molar-refractivity contribution in [2.24, 2.45) is 5.92 Å². The van der Waals surface area contributed by atoms with Crippen LogP contribution in [-0.4, -0.2) is 36.3 Å². The van der Waals surface area contributed by atoms with E-state index in [1.807, 2.05) is 74.5 Å². The fourth-order valence-electron chi connectivity index (χ4n) is 4.08. The summed E-state index contributed by atoms with van der Waals surface area (Å²) in [6.45, 7) is 4.02. The summed E-state index contributed by atoms with van der Waals surface area (Å²) < 4.78 is 5.68. The standard InChI is InChI=1S/C31H37N3O4/c1-3-22(2)29(34-30(36)25-15-10-16-26(32)19-25)31(37)33-27(18-17-23-11-6-4-7-12-23)28(35)21-38-20-24-13-8-5-9-14-24/h4-16,19,22,27,29H,3,17-18,20-21,32H2,1-2H3,(H,33,37)(H,34,36)/t22-,27+,29+/m1/s1. The Balaban J connectivity index is 1.70. The lowest BCUT2D eigenvalue weighted by Gasteiger charge is -2.26. The van der Waals surface area contributed by atoms with Gasteiger partial charge in [0.05, 0.1) is 12.6 Å². The van der Waals surface area contributed by atoms with E-state index in [4.69, 9.17) is 10.5 Å². The number of benzene rings is 3. The van der Waals surface area contributed by atoms with E-state index >= 15 is 0 Å².